The number of hydrogen-bond acceptors (Lipinski definition) is 6. The van der Waals surface area contributed by atoms with E-state index in [0.29, 0.717) is 31.6 Å². The zero-order valence-corrected chi connectivity index (χ0v) is 17.6. The molecule has 1 aliphatic carbocycles. The molecule has 11 heteroatoms. The lowest BCUT2D eigenvalue weighted by Crippen LogP contribution is -2.51. The Morgan fingerprint density at radius 2 is 2.10 bits per heavy atom. The number of likely N-dealkylation sites (N-methyl/N-ethyl adjacent to an activating group) is 2. The highest BCUT2D eigenvalue weighted by Crippen LogP contribution is 2.28. The number of aromatic amines is 1. The minimum Gasteiger partial charge on any atom is -0.483 e. The first-order valence-corrected chi connectivity index (χ1v) is 9.82. The van der Waals surface area contributed by atoms with Gasteiger partial charge in [-0.3, -0.25) is 19.2 Å². The summed E-state index contributed by atoms with van der Waals surface area (Å²) in [5.74, 6) is -0.828. The number of aromatic nitrogens is 2. The van der Waals surface area contributed by atoms with Gasteiger partial charge in [-0.2, -0.15) is 0 Å². The summed E-state index contributed by atoms with van der Waals surface area (Å²) < 4.78 is 5.90. The third-order valence-corrected chi connectivity index (χ3v) is 4.77. The van der Waals surface area contributed by atoms with Crippen LogP contribution in [0.1, 0.15) is 43.1 Å². The molecule has 4 N–H and O–H groups in total. The molecule has 3 amide bonds. The van der Waals surface area contributed by atoms with Crippen LogP contribution >= 0.6 is 0 Å². The first-order valence-electron chi connectivity index (χ1n) is 9.82. The van der Waals surface area contributed by atoms with Crippen molar-refractivity contribution in [3.8, 4) is 0 Å². The Labute approximate surface area is 175 Å². The van der Waals surface area contributed by atoms with E-state index in [4.69, 9.17) is 14.6 Å². The van der Waals surface area contributed by atoms with Crippen molar-refractivity contribution in [1.82, 2.24) is 25.5 Å². The molecule has 2 rings (SSSR count). The molecule has 1 aromatic heterocycles. The highest BCUT2D eigenvalue weighted by molar-refractivity contribution is 5.92. The maximum atomic E-state index is 12.7. The summed E-state index contributed by atoms with van der Waals surface area (Å²) in [4.78, 5) is 53.1. The molecular weight excluding hydrogens is 394 g/mol. The van der Waals surface area contributed by atoms with E-state index in [2.05, 4.69) is 20.6 Å². The van der Waals surface area contributed by atoms with Gasteiger partial charge in [-0.05, 0) is 25.7 Å². The second-order valence-electron chi connectivity index (χ2n) is 6.94. The molecule has 30 heavy (non-hydrogen) atoms. The van der Waals surface area contributed by atoms with Crippen LogP contribution in [-0.4, -0.2) is 83.6 Å². The number of nitrogens with zero attached hydrogens (tertiary/aromatic N) is 2. The van der Waals surface area contributed by atoms with Crippen molar-refractivity contribution in [2.45, 2.75) is 44.8 Å². The second-order valence-corrected chi connectivity index (χ2v) is 6.94. The third-order valence-electron chi connectivity index (χ3n) is 4.77. The van der Waals surface area contributed by atoms with Crippen LogP contribution in [0.3, 0.4) is 0 Å². The second kappa shape index (κ2) is 13.3. The predicted molar refractivity (Wildman–Crippen MR) is 108 cm³/mol. The Morgan fingerprint density at radius 1 is 1.40 bits per heavy atom. The number of rotatable bonds is 8. The number of imidazole rings is 1. The highest BCUT2D eigenvalue weighted by Gasteiger charge is 2.36. The number of carbonyl (C=O) groups excluding carboxylic acids is 3. The standard InChI is InChI=1S/C18H29N5O4.CH2O2/c1-4-7-27-15-6-5-12(18(26)23(3)10-16(24)19-2)8-13(15)22-17(25)14-9-20-11-21-14;2-1-3/h9,11-13,15H,4-8,10H2,1-3H3,(H,19,24)(H,20,21)(H,22,25);1H,(H,2,3)/t12-,13+,15+;/m0./s1. The first kappa shape index (κ1) is 25.1. The quantitative estimate of drug-likeness (QED) is 0.428. The minimum absolute atomic E-state index is 0.0206. The van der Waals surface area contributed by atoms with Crippen LogP contribution in [0.15, 0.2) is 12.5 Å². The zero-order valence-electron chi connectivity index (χ0n) is 17.6. The third kappa shape index (κ3) is 7.82. The number of ether oxygens (including phenoxy) is 1. The van der Waals surface area contributed by atoms with Gasteiger partial charge in [0.05, 0.1) is 31.2 Å². The molecule has 0 radical (unpaired) electrons. The van der Waals surface area contributed by atoms with Crippen LogP contribution in [0.4, 0.5) is 0 Å². The number of amides is 3. The van der Waals surface area contributed by atoms with Crippen LogP contribution in [-0.2, 0) is 19.1 Å². The van der Waals surface area contributed by atoms with Crippen molar-refractivity contribution in [2.75, 3.05) is 27.2 Å². The van der Waals surface area contributed by atoms with Crippen molar-refractivity contribution in [3.63, 3.8) is 0 Å². The molecule has 168 valence electrons. The number of nitrogens with one attached hydrogen (secondary N) is 3. The van der Waals surface area contributed by atoms with Crippen molar-refractivity contribution >= 4 is 24.2 Å². The Morgan fingerprint density at radius 3 is 2.67 bits per heavy atom. The molecule has 1 heterocycles. The lowest BCUT2D eigenvalue weighted by molar-refractivity contribution is -0.140. The molecule has 1 fully saturated rings. The zero-order chi connectivity index (χ0) is 22.5. The molecule has 0 spiro atoms. The van der Waals surface area contributed by atoms with E-state index in [-0.39, 0.29) is 48.8 Å². The lowest BCUT2D eigenvalue weighted by atomic mass is 9.82. The van der Waals surface area contributed by atoms with E-state index in [0.717, 1.165) is 6.42 Å². The van der Waals surface area contributed by atoms with Gasteiger partial charge in [-0.25, -0.2) is 4.98 Å². The molecule has 11 nitrogen and oxygen atoms in total. The summed E-state index contributed by atoms with van der Waals surface area (Å²) in [5, 5.41) is 12.4. The fourth-order valence-electron chi connectivity index (χ4n) is 3.30. The van der Waals surface area contributed by atoms with E-state index < -0.39 is 0 Å². The summed E-state index contributed by atoms with van der Waals surface area (Å²) >= 11 is 0. The molecule has 0 bridgehead atoms. The van der Waals surface area contributed by atoms with Crippen molar-refractivity contribution in [3.05, 3.63) is 18.2 Å². The summed E-state index contributed by atoms with van der Waals surface area (Å²) in [7, 11) is 3.16. The maximum Gasteiger partial charge on any atom is 0.290 e. The highest BCUT2D eigenvalue weighted by atomic mass is 16.5. The number of H-pyrrole nitrogens is 1. The van der Waals surface area contributed by atoms with Crippen LogP contribution in [0.2, 0.25) is 0 Å². The van der Waals surface area contributed by atoms with E-state index in [1.165, 1.54) is 24.5 Å². The van der Waals surface area contributed by atoms with Crippen molar-refractivity contribution in [1.29, 1.82) is 0 Å². The molecule has 1 aromatic rings. The predicted octanol–water partition coefficient (Wildman–Crippen LogP) is 0.00860. The molecule has 1 aliphatic rings. The SMILES string of the molecule is CCCO[C@@H]1CC[C@H](C(=O)N(C)CC(=O)NC)C[C@H]1NC(=O)c1cnc[nH]1.O=CO. The van der Waals surface area contributed by atoms with Gasteiger partial charge in [0.15, 0.2) is 0 Å². The summed E-state index contributed by atoms with van der Waals surface area (Å²) in [6, 6.07) is -0.275. The van der Waals surface area contributed by atoms with Crippen molar-refractivity contribution < 1.29 is 29.0 Å². The molecule has 3 atom stereocenters. The largest absolute Gasteiger partial charge is 0.483 e. The van der Waals surface area contributed by atoms with Gasteiger partial charge >= 0.3 is 0 Å². The van der Waals surface area contributed by atoms with Crippen molar-refractivity contribution in [2.24, 2.45) is 5.92 Å². The topological polar surface area (TPSA) is 154 Å². The molecule has 0 aliphatic heterocycles. The fraction of sp³-hybridized carbons (Fsp3) is 0.632. The van der Waals surface area contributed by atoms with Gasteiger partial charge < -0.3 is 30.4 Å². The average Bonchev–Trinajstić information content (AvgIpc) is 3.27. The minimum atomic E-state index is -0.275. The van der Waals surface area contributed by atoms with Gasteiger partial charge in [0.25, 0.3) is 12.4 Å². The first-order chi connectivity index (χ1) is 14.4. The van der Waals surface area contributed by atoms with Gasteiger partial charge in [0.2, 0.25) is 11.8 Å². The maximum absolute atomic E-state index is 12.7. The van der Waals surface area contributed by atoms with Gasteiger partial charge in [-0.15, -0.1) is 0 Å². The number of hydrogen-bond donors (Lipinski definition) is 4. The Balaban J connectivity index is 0.00000141. The summed E-state index contributed by atoms with van der Waals surface area (Å²) in [6.07, 6.45) is 5.48. The molecule has 0 unspecified atom stereocenters. The molecule has 1 saturated carbocycles. The summed E-state index contributed by atoms with van der Waals surface area (Å²) in [6.45, 7) is 2.41. The van der Waals surface area contributed by atoms with E-state index in [9.17, 15) is 14.4 Å². The monoisotopic (exact) mass is 425 g/mol. The molecular formula is C19H31N5O6. The Kier molecular flexibility index (Phi) is 11.1. The molecule has 0 aromatic carbocycles. The van der Waals surface area contributed by atoms with Crippen LogP contribution < -0.4 is 10.6 Å². The smallest absolute Gasteiger partial charge is 0.290 e. The normalized spacial score (nSPS) is 20.3. The van der Waals surface area contributed by atoms with Gasteiger partial charge in [0.1, 0.15) is 5.69 Å². The Hall–Kier alpha value is -2.95. The van der Waals surface area contributed by atoms with E-state index >= 15 is 0 Å². The number of carboxylic acid groups (broad SMARTS) is 1. The van der Waals surface area contributed by atoms with Crippen LogP contribution in [0, 0.1) is 5.92 Å². The lowest BCUT2D eigenvalue weighted by Gasteiger charge is -2.37. The molecule has 0 saturated heterocycles. The van der Waals surface area contributed by atoms with Crippen LogP contribution in [0.25, 0.3) is 0 Å². The summed E-state index contributed by atoms with van der Waals surface area (Å²) in [5.41, 5.74) is 0.370. The van der Waals surface area contributed by atoms with E-state index in [1.54, 1.807) is 7.05 Å². The number of carbonyl (C=O) groups is 4. The van der Waals surface area contributed by atoms with Gasteiger partial charge in [-0.1, -0.05) is 6.92 Å². The fourth-order valence-corrected chi connectivity index (χ4v) is 3.30. The Bertz CT molecular complexity index is 681. The average molecular weight is 425 g/mol. The van der Waals surface area contributed by atoms with Crippen LogP contribution in [0.5, 0.6) is 0 Å². The van der Waals surface area contributed by atoms with E-state index in [1.807, 2.05) is 6.92 Å². The van der Waals surface area contributed by atoms with Gasteiger partial charge in [0, 0.05) is 26.6 Å².